The van der Waals surface area contributed by atoms with Crippen molar-refractivity contribution in [3.8, 4) is 5.75 Å². The summed E-state index contributed by atoms with van der Waals surface area (Å²) in [5.74, 6) is -1.19. The van der Waals surface area contributed by atoms with Crippen LogP contribution in [0.4, 0.5) is 0 Å². The molecule has 0 atom stereocenters. The molecule has 0 amide bonds. The normalized spacial score (nSPS) is 14.5. The van der Waals surface area contributed by atoms with Crippen molar-refractivity contribution in [3.05, 3.63) is 39.7 Å². The number of esters is 1. The van der Waals surface area contributed by atoms with Crippen molar-refractivity contribution in [1.29, 1.82) is 0 Å². The van der Waals surface area contributed by atoms with E-state index in [-0.39, 0.29) is 11.3 Å². The molecule has 3 rings (SSSR count). The van der Waals surface area contributed by atoms with Crippen LogP contribution in [0.5, 0.6) is 5.75 Å². The number of rotatable bonds is 0. The van der Waals surface area contributed by atoms with Crippen molar-refractivity contribution < 1.29 is 18.7 Å². The predicted molar refractivity (Wildman–Crippen MR) is 61.8 cm³/mol. The van der Waals surface area contributed by atoms with E-state index in [4.69, 9.17) is 9.15 Å². The summed E-state index contributed by atoms with van der Waals surface area (Å²) < 4.78 is 10.1. The van der Waals surface area contributed by atoms with Crippen LogP contribution in [0.3, 0.4) is 0 Å². The monoisotopic (exact) mass is 244 g/mol. The zero-order chi connectivity index (χ0) is 12.9. The van der Waals surface area contributed by atoms with Gasteiger partial charge in [-0.3, -0.25) is 9.59 Å². The molecule has 90 valence electrons. The van der Waals surface area contributed by atoms with Gasteiger partial charge in [0.2, 0.25) is 0 Å². The lowest BCUT2D eigenvalue weighted by molar-refractivity contribution is -0.133. The van der Waals surface area contributed by atoms with Gasteiger partial charge in [0.25, 0.3) is 0 Å². The Balaban J connectivity index is 2.45. The zero-order valence-electron chi connectivity index (χ0n) is 9.48. The SMILES string of the molecule is Cc1ccc2c3c(c(=O)oc2c1)C(=O)CC(=O)O3. The molecule has 1 aliphatic rings. The summed E-state index contributed by atoms with van der Waals surface area (Å²) in [5.41, 5.74) is 0.270. The molecule has 0 spiro atoms. The van der Waals surface area contributed by atoms with Crippen molar-refractivity contribution in [1.82, 2.24) is 0 Å². The fraction of sp³-hybridized carbons (Fsp3) is 0.154. The van der Waals surface area contributed by atoms with Gasteiger partial charge in [0.05, 0.1) is 5.39 Å². The van der Waals surface area contributed by atoms with Crippen LogP contribution in [0, 0.1) is 6.92 Å². The number of hydrogen-bond acceptors (Lipinski definition) is 5. The van der Waals surface area contributed by atoms with E-state index in [2.05, 4.69) is 0 Å². The average Bonchev–Trinajstić information content (AvgIpc) is 2.27. The van der Waals surface area contributed by atoms with Gasteiger partial charge in [-0.2, -0.15) is 0 Å². The van der Waals surface area contributed by atoms with Gasteiger partial charge < -0.3 is 9.15 Å². The Bertz CT molecular complexity index is 754. The summed E-state index contributed by atoms with van der Waals surface area (Å²) in [7, 11) is 0. The summed E-state index contributed by atoms with van der Waals surface area (Å²) in [6.45, 7) is 1.84. The van der Waals surface area contributed by atoms with E-state index >= 15 is 0 Å². The van der Waals surface area contributed by atoms with Crippen LogP contribution in [-0.4, -0.2) is 11.8 Å². The van der Waals surface area contributed by atoms with Crippen molar-refractivity contribution in [2.45, 2.75) is 13.3 Å². The molecule has 0 unspecified atom stereocenters. The molecule has 0 aliphatic carbocycles. The van der Waals surface area contributed by atoms with Crippen LogP contribution in [-0.2, 0) is 4.79 Å². The Morgan fingerprint density at radius 3 is 2.72 bits per heavy atom. The Morgan fingerprint density at radius 2 is 1.94 bits per heavy atom. The van der Waals surface area contributed by atoms with E-state index in [1.54, 1.807) is 18.2 Å². The van der Waals surface area contributed by atoms with E-state index in [0.29, 0.717) is 11.0 Å². The first-order chi connectivity index (χ1) is 8.56. The number of carbonyl (C=O) groups excluding carboxylic acids is 2. The molecular weight excluding hydrogens is 236 g/mol. The second-order valence-electron chi connectivity index (χ2n) is 4.17. The Morgan fingerprint density at radius 1 is 1.17 bits per heavy atom. The molecule has 5 heteroatoms. The zero-order valence-corrected chi connectivity index (χ0v) is 9.48. The van der Waals surface area contributed by atoms with Crippen LogP contribution < -0.4 is 10.4 Å². The molecule has 0 radical (unpaired) electrons. The molecule has 0 saturated heterocycles. The fourth-order valence-corrected chi connectivity index (χ4v) is 2.00. The van der Waals surface area contributed by atoms with Crippen LogP contribution >= 0.6 is 0 Å². The third kappa shape index (κ3) is 1.44. The third-order valence-corrected chi connectivity index (χ3v) is 2.82. The molecule has 0 saturated carbocycles. The van der Waals surface area contributed by atoms with Crippen molar-refractivity contribution in [2.24, 2.45) is 0 Å². The lowest BCUT2D eigenvalue weighted by atomic mass is 10.0. The maximum atomic E-state index is 11.7. The number of benzene rings is 1. The summed E-state index contributed by atoms with van der Waals surface area (Å²) in [6.07, 6.45) is -0.421. The van der Waals surface area contributed by atoms with Crippen molar-refractivity contribution in [3.63, 3.8) is 0 Å². The highest BCUT2D eigenvalue weighted by molar-refractivity contribution is 6.13. The molecule has 2 aromatic rings. The van der Waals surface area contributed by atoms with E-state index in [9.17, 15) is 14.4 Å². The van der Waals surface area contributed by atoms with Crippen LogP contribution in [0.1, 0.15) is 22.3 Å². The molecule has 1 aromatic carbocycles. The topological polar surface area (TPSA) is 73.6 Å². The number of carbonyl (C=O) groups is 2. The molecule has 0 bridgehead atoms. The summed E-state index contributed by atoms with van der Waals surface area (Å²) in [6, 6.07) is 5.11. The number of Topliss-reactive ketones (excluding diaryl/α,β-unsaturated/α-hetero) is 1. The molecular formula is C13H8O5. The number of fused-ring (bicyclic) bond motifs is 3. The second-order valence-corrected chi connectivity index (χ2v) is 4.17. The Labute approximate surface area is 101 Å². The van der Waals surface area contributed by atoms with E-state index in [1.165, 1.54) is 0 Å². The first-order valence-corrected chi connectivity index (χ1v) is 5.37. The largest absolute Gasteiger partial charge is 0.424 e. The van der Waals surface area contributed by atoms with Gasteiger partial charge in [-0.15, -0.1) is 0 Å². The number of ketones is 1. The van der Waals surface area contributed by atoms with Crippen LogP contribution in [0.25, 0.3) is 11.0 Å². The first kappa shape index (κ1) is 10.7. The molecule has 2 heterocycles. The predicted octanol–water partition coefficient (Wildman–Crippen LogP) is 1.59. The number of aryl methyl sites for hydroxylation is 1. The van der Waals surface area contributed by atoms with Crippen molar-refractivity contribution in [2.75, 3.05) is 0 Å². The van der Waals surface area contributed by atoms with Gasteiger partial charge in [0, 0.05) is 0 Å². The maximum absolute atomic E-state index is 11.7. The van der Waals surface area contributed by atoms with Gasteiger partial charge in [-0.25, -0.2) is 4.79 Å². The van der Waals surface area contributed by atoms with Gasteiger partial charge in [0.15, 0.2) is 11.5 Å². The smallest absolute Gasteiger partial charge is 0.351 e. The molecule has 0 fully saturated rings. The van der Waals surface area contributed by atoms with E-state index in [0.717, 1.165) is 5.56 Å². The summed E-state index contributed by atoms with van der Waals surface area (Å²) in [4.78, 5) is 34.7. The van der Waals surface area contributed by atoms with Crippen LogP contribution in [0.15, 0.2) is 27.4 Å². The molecule has 5 nitrogen and oxygen atoms in total. The Kier molecular flexibility index (Phi) is 2.10. The lowest BCUT2D eigenvalue weighted by Crippen LogP contribution is -2.27. The van der Waals surface area contributed by atoms with Gasteiger partial charge in [0.1, 0.15) is 17.6 Å². The van der Waals surface area contributed by atoms with Gasteiger partial charge in [-0.1, -0.05) is 6.07 Å². The van der Waals surface area contributed by atoms with Gasteiger partial charge in [-0.05, 0) is 24.6 Å². The fourth-order valence-electron chi connectivity index (χ4n) is 2.00. The second kappa shape index (κ2) is 3.53. The molecule has 0 N–H and O–H groups in total. The molecule has 1 aromatic heterocycles. The maximum Gasteiger partial charge on any atom is 0.351 e. The number of hydrogen-bond donors (Lipinski definition) is 0. The first-order valence-electron chi connectivity index (χ1n) is 5.37. The minimum atomic E-state index is -0.763. The van der Waals surface area contributed by atoms with Crippen molar-refractivity contribution >= 4 is 22.7 Å². The number of ether oxygens (including phenoxy) is 1. The highest BCUT2D eigenvalue weighted by Gasteiger charge is 2.30. The minimum absolute atomic E-state index is 0.0162. The minimum Gasteiger partial charge on any atom is -0.424 e. The van der Waals surface area contributed by atoms with Gasteiger partial charge >= 0.3 is 11.6 Å². The molecule has 1 aliphatic heterocycles. The quantitative estimate of drug-likeness (QED) is 0.399. The standard InChI is InChI=1S/C13H8O5/c1-6-2-3-7-9(4-6)17-13(16)11-8(14)5-10(15)18-12(7)11/h2-4H,5H2,1H3. The summed E-state index contributed by atoms with van der Waals surface area (Å²) >= 11 is 0. The Hall–Kier alpha value is -2.43. The summed E-state index contributed by atoms with van der Waals surface area (Å²) in [5, 5.41) is 0.455. The lowest BCUT2D eigenvalue weighted by Gasteiger charge is -2.14. The highest BCUT2D eigenvalue weighted by Crippen LogP contribution is 2.31. The third-order valence-electron chi connectivity index (χ3n) is 2.82. The van der Waals surface area contributed by atoms with E-state index in [1.807, 2.05) is 6.92 Å². The van der Waals surface area contributed by atoms with Crippen LogP contribution in [0.2, 0.25) is 0 Å². The molecule has 18 heavy (non-hydrogen) atoms. The van der Waals surface area contributed by atoms with E-state index < -0.39 is 23.8 Å². The average molecular weight is 244 g/mol. The highest BCUT2D eigenvalue weighted by atomic mass is 16.5.